The predicted octanol–water partition coefficient (Wildman–Crippen LogP) is 2.60. The Morgan fingerprint density at radius 3 is 2.44 bits per heavy atom. The molecule has 0 saturated carbocycles. The van der Waals surface area contributed by atoms with E-state index in [0.29, 0.717) is 10.6 Å². The van der Waals surface area contributed by atoms with Crippen molar-refractivity contribution in [1.29, 1.82) is 0 Å². The lowest BCUT2D eigenvalue weighted by molar-refractivity contribution is 0.0174. The topological polar surface area (TPSA) is 66.5 Å². The van der Waals surface area contributed by atoms with Crippen LogP contribution in [0.25, 0.3) is 0 Å². The highest BCUT2D eigenvalue weighted by atomic mass is 35.5. The number of rotatable bonds is 4. The van der Waals surface area contributed by atoms with Crippen LogP contribution in [-0.2, 0) is 0 Å². The van der Waals surface area contributed by atoms with Gasteiger partial charge in [-0.05, 0) is 18.6 Å². The van der Waals surface area contributed by atoms with Crippen molar-refractivity contribution in [2.75, 3.05) is 11.6 Å². The number of aliphatic hydroxyl groups excluding tert-OH is 2. The maximum absolute atomic E-state index is 9.84. The van der Waals surface area contributed by atoms with Crippen LogP contribution in [0, 0.1) is 0 Å². The van der Waals surface area contributed by atoms with Gasteiger partial charge in [-0.15, -0.1) is 11.6 Å². The summed E-state index contributed by atoms with van der Waals surface area (Å²) in [6.45, 7) is 0. The van der Waals surface area contributed by atoms with Crippen LogP contribution in [0.2, 0.25) is 10.0 Å². The van der Waals surface area contributed by atoms with Crippen molar-refractivity contribution in [3.05, 3.63) is 27.7 Å². The lowest BCUT2D eigenvalue weighted by atomic mass is 10.0. The molecule has 0 bridgehead atoms. The molecule has 2 atom stereocenters. The van der Waals surface area contributed by atoms with Crippen molar-refractivity contribution in [3.63, 3.8) is 0 Å². The number of nitrogen functional groups attached to an aromatic ring is 1. The molecule has 4 N–H and O–H groups in total. The van der Waals surface area contributed by atoms with Gasteiger partial charge in [0.25, 0.3) is 0 Å². The van der Waals surface area contributed by atoms with Crippen molar-refractivity contribution in [3.8, 4) is 0 Å². The Hall–Kier alpha value is -0.190. The molecular formula is C10H12Cl3NO2. The van der Waals surface area contributed by atoms with Gasteiger partial charge in [0.2, 0.25) is 0 Å². The van der Waals surface area contributed by atoms with E-state index in [-0.39, 0.29) is 23.0 Å². The second-order valence-electron chi connectivity index (χ2n) is 3.38. The normalized spacial score (nSPS) is 14.8. The van der Waals surface area contributed by atoms with Gasteiger partial charge in [-0.1, -0.05) is 23.2 Å². The molecule has 6 heteroatoms. The van der Waals surface area contributed by atoms with Crippen LogP contribution in [0.5, 0.6) is 0 Å². The molecule has 1 rings (SSSR count). The van der Waals surface area contributed by atoms with E-state index in [1.165, 1.54) is 12.1 Å². The molecule has 0 spiro atoms. The molecule has 0 saturated heterocycles. The summed E-state index contributed by atoms with van der Waals surface area (Å²) in [5, 5.41) is 20.0. The third-order valence-corrected chi connectivity index (χ3v) is 2.96. The molecular weight excluding hydrogens is 272 g/mol. The second-order valence-corrected chi connectivity index (χ2v) is 4.60. The zero-order valence-corrected chi connectivity index (χ0v) is 10.6. The Balaban J connectivity index is 3.03. The van der Waals surface area contributed by atoms with E-state index in [4.69, 9.17) is 40.5 Å². The number of benzene rings is 1. The molecule has 0 heterocycles. The maximum Gasteiger partial charge on any atom is 0.107 e. The molecule has 0 aromatic heterocycles. The minimum atomic E-state index is -1.14. The van der Waals surface area contributed by atoms with Crippen molar-refractivity contribution in [1.82, 2.24) is 0 Å². The Morgan fingerprint density at radius 1 is 1.25 bits per heavy atom. The van der Waals surface area contributed by atoms with Crippen molar-refractivity contribution < 1.29 is 10.2 Å². The summed E-state index contributed by atoms with van der Waals surface area (Å²) in [5.41, 5.74) is 6.22. The molecule has 0 fully saturated rings. The fourth-order valence-corrected chi connectivity index (χ4v) is 2.06. The second kappa shape index (κ2) is 5.94. The summed E-state index contributed by atoms with van der Waals surface area (Å²) >= 11 is 17.1. The van der Waals surface area contributed by atoms with E-state index in [2.05, 4.69) is 0 Å². The number of hydrogen-bond acceptors (Lipinski definition) is 3. The standard InChI is InChI=1S/C10H12Cl3NO2/c11-2-1-8(15)10(16)6-3-5(12)4-7(13)9(6)14/h3-4,8,10,15-16H,1-2,14H2. The van der Waals surface area contributed by atoms with Crippen LogP contribution in [0.15, 0.2) is 12.1 Å². The van der Waals surface area contributed by atoms with Gasteiger partial charge in [0.15, 0.2) is 0 Å². The van der Waals surface area contributed by atoms with Gasteiger partial charge in [0.1, 0.15) is 6.10 Å². The minimum absolute atomic E-state index is 0.215. The number of alkyl halides is 1. The third kappa shape index (κ3) is 3.15. The van der Waals surface area contributed by atoms with Gasteiger partial charge >= 0.3 is 0 Å². The molecule has 2 unspecified atom stereocenters. The predicted molar refractivity (Wildman–Crippen MR) is 67.2 cm³/mol. The smallest absolute Gasteiger partial charge is 0.107 e. The zero-order chi connectivity index (χ0) is 12.3. The molecule has 1 aromatic carbocycles. The first kappa shape index (κ1) is 13.9. The first-order chi connectivity index (χ1) is 7.47. The van der Waals surface area contributed by atoms with E-state index in [0.717, 1.165) is 0 Å². The summed E-state index contributed by atoms with van der Waals surface area (Å²) < 4.78 is 0. The molecule has 0 amide bonds. The molecule has 0 aliphatic heterocycles. The number of aliphatic hydroxyl groups is 2. The van der Waals surface area contributed by atoms with E-state index in [9.17, 15) is 10.2 Å². The van der Waals surface area contributed by atoms with E-state index >= 15 is 0 Å². The summed E-state index contributed by atoms with van der Waals surface area (Å²) in [5.74, 6) is 0.242. The number of halogens is 3. The van der Waals surface area contributed by atoms with Crippen LogP contribution >= 0.6 is 34.8 Å². The molecule has 0 aliphatic carbocycles. The largest absolute Gasteiger partial charge is 0.397 e. The summed E-state index contributed by atoms with van der Waals surface area (Å²) in [7, 11) is 0. The first-order valence-corrected chi connectivity index (χ1v) is 5.93. The lowest BCUT2D eigenvalue weighted by Gasteiger charge is -2.19. The SMILES string of the molecule is Nc1c(Cl)cc(Cl)cc1C(O)C(O)CCCl. The summed E-state index contributed by atoms with van der Waals surface area (Å²) in [4.78, 5) is 0. The minimum Gasteiger partial charge on any atom is -0.397 e. The molecule has 16 heavy (non-hydrogen) atoms. The van der Waals surface area contributed by atoms with Crippen LogP contribution in [-0.4, -0.2) is 22.2 Å². The highest BCUT2D eigenvalue weighted by Gasteiger charge is 2.21. The highest BCUT2D eigenvalue weighted by Crippen LogP contribution is 2.33. The number of nitrogens with two attached hydrogens (primary N) is 1. The van der Waals surface area contributed by atoms with Crippen molar-refractivity contribution in [2.45, 2.75) is 18.6 Å². The Kier molecular flexibility index (Phi) is 5.15. The third-order valence-electron chi connectivity index (χ3n) is 2.21. The Labute approximate surface area is 109 Å². The van der Waals surface area contributed by atoms with Gasteiger partial charge in [-0.2, -0.15) is 0 Å². The number of anilines is 1. The Morgan fingerprint density at radius 2 is 1.88 bits per heavy atom. The molecule has 90 valence electrons. The number of hydrogen-bond donors (Lipinski definition) is 3. The lowest BCUT2D eigenvalue weighted by Crippen LogP contribution is -2.20. The molecule has 0 aliphatic rings. The van der Waals surface area contributed by atoms with Gasteiger partial charge in [-0.25, -0.2) is 0 Å². The first-order valence-electron chi connectivity index (χ1n) is 4.64. The molecule has 1 aromatic rings. The quantitative estimate of drug-likeness (QED) is 0.588. The average Bonchev–Trinajstić information content (AvgIpc) is 2.22. The van der Waals surface area contributed by atoms with E-state index in [1.54, 1.807) is 0 Å². The Bertz CT molecular complexity index is 373. The van der Waals surface area contributed by atoms with Gasteiger partial charge in [0, 0.05) is 16.5 Å². The fraction of sp³-hybridized carbons (Fsp3) is 0.400. The van der Waals surface area contributed by atoms with Crippen LogP contribution < -0.4 is 5.73 Å². The van der Waals surface area contributed by atoms with Crippen LogP contribution in [0.1, 0.15) is 18.1 Å². The highest BCUT2D eigenvalue weighted by molar-refractivity contribution is 6.36. The average molecular weight is 285 g/mol. The zero-order valence-electron chi connectivity index (χ0n) is 8.33. The van der Waals surface area contributed by atoms with E-state index in [1.807, 2.05) is 0 Å². The van der Waals surface area contributed by atoms with Crippen molar-refractivity contribution >= 4 is 40.5 Å². The van der Waals surface area contributed by atoms with Crippen molar-refractivity contribution in [2.24, 2.45) is 0 Å². The van der Waals surface area contributed by atoms with E-state index < -0.39 is 12.2 Å². The van der Waals surface area contributed by atoms with Crippen LogP contribution in [0.4, 0.5) is 5.69 Å². The van der Waals surface area contributed by atoms with Gasteiger partial charge in [-0.3, -0.25) is 0 Å². The maximum atomic E-state index is 9.84. The van der Waals surface area contributed by atoms with Gasteiger partial charge < -0.3 is 15.9 Å². The van der Waals surface area contributed by atoms with Gasteiger partial charge in [0.05, 0.1) is 16.8 Å². The fourth-order valence-electron chi connectivity index (χ4n) is 1.33. The monoisotopic (exact) mass is 283 g/mol. The molecule has 3 nitrogen and oxygen atoms in total. The molecule has 0 radical (unpaired) electrons. The summed E-state index contributed by atoms with van der Waals surface area (Å²) in [6, 6.07) is 2.95. The summed E-state index contributed by atoms with van der Waals surface area (Å²) in [6.07, 6.45) is -1.88. The van der Waals surface area contributed by atoms with Crippen LogP contribution in [0.3, 0.4) is 0 Å².